The van der Waals surface area contributed by atoms with Crippen molar-refractivity contribution in [3.05, 3.63) is 33.7 Å². The largest absolute Gasteiger partial charge is 0.341 e. The topological polar surface area (TPSA) is 59.6 Å². The third-order valence-electron chi connectivity index (χ3n) is 4.97. The van der Waals surface area contributed by atoms with E-state index in [1.807, 2.05) is 33.7 Å². The van der Waals surface area contributed by atoms with Gasteiger partial charge in [-0.3, -0.25) is 14.0 Å². The van der Waals surface area contributed by atoms with Crippen molar-refractivity contribution < 1.29 is 4.79 Å². The highest BCUT2D eigenvalue weighted by molar-refractivity contribution is 7.17. The number of carbonyl (C=O) groups is 1. The molecule has 3 aromatic heterocycles. The van der Waals surface area contributed by atoms with E-state index < -0.39 is 0 Å². The number of carbonyl (C=O) groups excluding carboxylic acids is 1. The highest BCUT2D eigenvalue weighted by atomic mass is 32.1. The molecule has 1 saturated heterocycles. The van der Waals surface area contributed by atoms with Gasteiger partial charge >= 0.3 is 0 Å². The van der Waals surface area contributed by atoms with Crippen LogP contribution in [0.5, 0.6) is 0 Å². The average Bonchev–Trinajstić information content (AvgIpc) is 3.12. The van der Waals surface area contributed by atoms with E-state index in [4.69, 9.17) is 0 Å². The summed E-state index contributed by atoms with van der Waals surface area (Å²) in [4.78, 5) is 27.4. The molecule has 4 rings (SSSR count). The molecule has 0 aliphatic carbocycles. The number of likely N-dealkylation sites (tertiary alicyclic amines) is 1. The maximum atomic E-state index is 12.8. The molecule has 4 heterocycles. The molecule has 132 valence electrons. The number of hydrogen-bond donors (Lipinski definition) is 0. The maximum Gasteiger partial charge on any atom is 0.291 e. The van der Waals surface area contributed by atoms with Crippen LogP contribution < -0.4 is 5.56 Å². The van der Waals surface area contributed by atoms with Gasteiger partial charge in [-0.2, -0.15) is 5.10 Å². The third kappa shape index (κ3) is 2.76. The highest BCUT2D eigenvalue weighted by Crippen LogP contribution is 2.24. The molecule has 0 aromatic carbocycles. The number of amides is 1. The van der Waals surface area contributed by atoms with Crippen LogP contribution >= 0.6 is 11.3 Å². The lowest BCUT2D eigenvalue weighted by Gasteiger charge is -2.35. The zero-order valence-electron chi connectivity index (χ0n) is 14.7. The Bertz CT molecular complexity index is 1010. The van der Waals surface area contributed by atoms with Crippen LogP contribution in [0.15, 0.2) is 22.3 Å². The molecular weight excluding hydrogens is 336 g/mol. The summed E-state index contributed by atoms with van der Waals surface area (Å²) in [5, 5.41) is 6.40. The minimum Gasteiger partial charge on any atom is -0.341 e. The van der Waals surface area contributed by atoms with E-state index in [1.165, 1.54) is 4.68 Å². The summed E-state index contributed by atoms with van der Waals surface area (Å²) in [5.74, 6) is 1.69. The lowest BCUT2D eigenvalue weighted by molar-refractivity contribution is -0.134. The molecule has 6 nitrogen and oxygen atoms in total. The van der Waals surface area contributed by atoms with Crippen LogP contribution in [0.2, 0.25) is 0 Å². The van der Waals surface area contributed by atoms with Crippen LogP contribution in [0.25, 0.3) is 15.7 Å². The number of aromatic nitrogens is 3. The smallest absolute Gasteiger partial charge is 0.291 e. The Morgan fingerprint density at radius 2 is 2.00 bits per heavy atom. The first kappa shape index (κ1) is 16.3. The molecule has 1 aliphatic rings. The molecule has 1 fully saturated rings. The van der Waals surface area contributed by atoms with E-state index in [-0.39, 0.29) is 18.0 Å². The quantitative estimate of drug-likeness (QED) is 0.707. The molecule has 1 aliphatic heterocycles. The van der Waals surface area contributed by atoms with Gasteiger partial charge in [0, 0.05) is 13.1 Å². The van der Waals surface area contributed by atoms with Gasteiger partial charge in [0.15, 0.2) is 0 Å². The monoisotopic (exact) mass is 358 g/mol. The lowest BCUT2D eigenvalue weighted by atomic mass is 9.92. The second kappa shape index (κ2) is 5.98. The van der Waals surface area contributed by atoms with Crippen molar-refractivity contribution in [1.82, 2.24) is 19.1 Å². The Morgan fingerprint density at radius 1 is 1.28 bits per heavy atom. The molecule has 0 bridgehead atoms. The molecular formula is C18H22N4O2S. The van der Waals surface area contributed by atoms with E-state index in [1.54, 1.807) is 11.3 Å². The number of piperidine rings is 1. The van der Waals surface area contributed by atoms with Crippen molar-refractivity contribution in [2.24, 2.45) is 11.8 Å². The van der Waals surface area contributed by atoms with E-state index >= 15 is 0 Å². The summed E-state index contributed by atoms with van der Waals surface area (Å²) in [6, 6.07) is 3.89. The zero-order valence-corrected chi connectivity index (χ0v) is 15.5. The number of aryl methyl sites for hydroxylation is 1. The van der Waals surface area contributed by atoms with Gasteiger partial charge in [-0.1, -0.05) is 13.8 Å². The first-order valence-corrected chi connectivity index (χ1v) is 9.56. The Balaban J connectivity index is 1.68. The predicted molar refractivity (Wildman–Crippen MR) is 99.1 cm³/mol. The number of thiophene rings is 1. The fourth-order valence-corrected chi connectivity index (χ4v) is 4.83. The molecule has 25 heavy (non-hydrogen) atoms. The standard InChI is InChI=1S/C18H22N4O2S/c1-11-6-12(2)9-20(8-11)17(23)10-21-18(24)15-7-16-14(4-5-25-16)22(15)13(3)19-21/h4-5,7,11-12H,6,8-10H2,1-3H3/t11-,12-/m1/s1. The van der Waals surface area contributed by atoms with Crippen molar-refractivity contribution in [3.63, 3.8) is 0 Å². The SMILES string of the molecule is Cc1nn(CC(=O)N2C[C@H](C)C[C@@H](C)C2)c(=O)c2cc3sccc3n12. The predicted octanol–water partition coefficient (Wildman–Crippen LogP) is 2.52. The van der Waals surface area contributed by atoms with Crippen LogP contribution in [0.1, 0.15) is 26.1 Å². The molecule has 0 radical (unpaired) electrons. The summed E-state index contributed by atoms with van der Waals surface area (Å²) in [5.41, 5.74) is 1.38. The van der Waals surface area contributed by atoms with Crippen molar-refractivity contribution in [2.45, 2.75) is 33.7 Å². The molecule has 3 aromatic rings. The van der Waals surface area contributed by atoms with Gasteiger partial charge in [-0.15, -0.1) is 11.3 Å². The fraction of sp³-hybridized carbons (Fsp3) is 0.500. The Kier molecular flexibility index (Phi) is 3.91. The number of nitrogens with zero attached hydrogens (tertiary/aromatic N) is 4. The molecule has 0 saturated carbocycles. The third-order valence-corrected chi connectivity index (χ3v) is 5.83. The van der Waals surface area contributed by atoms with Crippen LogP contribution in [-0.2, 0) is 11.3 Å². The summed E-state index contributed by atoms with van der Waals surface area (Å²) in [6.07, 6.45) is 1.15. The van der Waals surface area contributed by atoms with Gasteiger partial charge < -0.3 is 4.90 Å². The van der Waals surface area contributed by atoms with Crippen LogP contribution in [-0.4, -0.2) is 38.1 Å². The van der Waals surface area contributed by atoms with Gasteiger partial charge in [0.25, 0.3) is 5.56 Å². The minimum absolute atomic E-state index is 0.00838. The second-order valence-corrected chi connectivity index (χ2v) is 8.24. The minimum atomic E-state index is -0.208. The van der Waals surface area contributed by atoms with Crippen LogP contribution in [0, 0.1) is 18.8 Å². The van der Waals surface area contributed by atoms with Gasteiger partial charge in [0.05, 0.1) is 10.2 Å². The first-order chi connectivity index (χ1) is 11.9. The van der Waals surface area contributed by atoms with E-state index in [9.17, 15) is 9.59 Å². The van der Waals surface area contributed by atoms with Crippen molar-refractivity contribution in [3.8, 4) is 0 Å². The van der Waals surface area contributed by atoms with E-state index in [0.29, 0.717) is 17.4 Å². The highest BCUT2D eigenvalue weighted by Gasteiger charge is 2.26. The molecule has 0 N–H and O–H groups in total. The molecule has 0 spiro atoms. The number of fused-ring (bicyclic) bond motifs is 3. The Morgan fingerprint density at radius 3 is 2.72 bits per heavy atom. The van der Waals surface area contributed by atoms with Gasteiger partial charge in [-0.25, -0.2) is 4.68 Å². The van der Waals surface area contributed by atoms with Crippen molar-refractivity contribution in [2.75, 3.05) is 13.1 Å². The first-order valence-electron chi connectivity index (χ1n) is 8.68. The summed E-state index contributed by atoms with van der Waals surface area (Å²) in [6.45, 7) is 7.75. The van der Waals surface area contributed by atoms with Gasteiger partial charge in [0.1, 0.15) is 17.9 Å². The van der Waals surface area contributed by atoms with Crippen LogP contribution in [0.3, 0.4) is 0 Å². The van der Waals surface area contributed by atoms with Crippen molar-refractivity contribution in [1.29, 1.82) is 0 Å². The second-order valence-electron chi connectivity index (χ2n) is 7.29. The van der Waals surface area contributed by atoms with E-state index in [0.717, 1.165) is 35.6 Å². The summed E-state index contributed by atoms with van der Waals surface area (Å²) >= 11 is 1.60. The maximum absolute atomic E-state index is 12.8. The zero-order chi connectivity index (χ0) is 17.7. The normalized spacial score (nSPS) is 21.3. The average molecular weight is 358 g/mol. The number of hydrogen-bond acceptors (Lipinski definition) is 4. The van der Waals surface area contributed by atoms with Crippen LogP contribution in [0.4, 0.5) is 0 Å². The number of rotatable bonds is 2. The Hall–Kier alpha value is -2.15. The van der Waals surface area contributed by atoms with Crippen molar-refractivity contribution >= 4 is 33.0 Å². The summed E-state index contributed by atoms with van der Waals surface area (Å²) in [7, 11) is 0. The van der Waals surface area contributed by atoms with Gasteiger partial charge in [0.2, 0.25) is 5.91 Å². The van der Waals surface area contributed by atoms with E-state index in [2.05, 4.69) is 18.9 Å². The fourth-order valence-electron chi connectivity index (χ4n) is 4.03. The molecule has 0 unspecified atom stereocenters. The Labute approximate surface area is 149 Å². The molecule has 2 atom stereocenters. The van der Waals surface area contributed by atoms with Gasteiger partial charge in [-0.05, 0) is 42.7 Å². The summed E-state index contributed by atoms with van der Waals surface area (Å²) < 4.78 is 4.26. The molecule has 1 amide bonds. The molecule has 7 heteroatoms. The lowest BCUT2D eigenvalue weighted by Crippen LogP contribution is -2.45.